The van der Waals surface area contributed by atoms with Gasteiger partial charge >= 0.3 is 12.4 Å². The molecule has 1 aliphatic carbocycles. The largest absolute Gasteiger partial charge is 0.487 e. The second kappa shape index (κ2) is 14.4. The van der Waals surface area contributed by atoms with Gasteiger partial charge in [0.2, 0.25) is 0 Å². The third-order valence-corrected chi connectivity index (χ3v) is 8.69. The van der Waals surface area contributed by atoms with E-state index in [1.807, 2.05) is 37.3 Å². The number of benzene rings is 2. The summed E-state index contributed by atoms with van der Waals surface area (Å²) in [7, 11) is 0. The fraction of sp³-hybridized carbons (Fsp3) is 0.500. The standard InChI is InChI=1S/C30H33Cl2F6NO3/c1-2-28(40,20-8-4-3-5-9-20)13-7-6-10-24(19-11-12-25(31)26(32)14-19)27(39-41)18-42-23-16-21(29(33,34)35)15-22(17-23)30(36,37)38/h3-5,8-9,12,15-17,19,24,26,40-41H,2,6-7,10-11,13-14,18H2,1H3/b39-27+. The highest BCUT2D eigenvalue weighted by molar-refractivity contribution is 6.37. The van der Waals surface area contributed by atoms with Crippen LogP contribution in [-0.2, 0) is 18.0 Å². The zero-order chi connectivity index (χ0) is 31.1. The average Bonchev–Trinajstić information content (AvgIpc) is 2.95. The molecule has 42 heavy (non-hydrogen) atoms. The molecule has 0 saturated carbocycles. The highest BCUT2D eigenvalue weighted by atomic mass is 35.5. The summed E-state index contributed by atoms with van der Waals surface area (Å²) < 4.78 is 85.2. The maximum Gasteiger partial charge on any atom is 0.416 e. The fourth-order valence-corrected chi connectivity index (χ4v) is 5.80. The second-order valence-electron chi connectivity index (χ2n) is 10.5. The Morgan fingerprint density at radius 1 is 1.00 bits per heavy atom. The van der Waals surface area contributed by atoms with Gasteiger partial charge < -0.3 is 15.1 Å². The molecular formula is C30H33Cl2F6NO3. The Morgan fingerprint density at radius 2 is 1.62 bits per heavy atom. The number of oxime groups is 1. The van der Waals surface area contributed by atoms with Gasteiger partial charge in [-0.3, -0.25) is 0 Å². The molecule has 4 unspecified atom stereocenters. The zero-order valence-electron chi connectivity index (χ0n) is 22.9. The number of ether oxygens (including phenoxy) is 1. The van der Waals surface area contributed by atoms with E-state index in [9.17, 15) is 36.7 Å². The zero-order valence-corrected chi connectivity index (χ0v) is 24.4. The van der Waals surface area contributed by atoms with Crippen LogP contribution in [-0.4, -0.2) is 28.0 Å². The van der Waals surface area contributed by atoms with Gasteiger partial charge in [0, 0.05) is 11.0 Å². The van der Waals surface area contributed by atoms with Crippen LogP contribution in [0.3, 0.4) is 0 Å². The van der Waals surface area contributed by atoms with Gasteiger partial charge in [-0.25, -0.2) is 0 Å². The summed E-state index contributed by atoms with van der Waals surface area (Å²) in [6.07, 6.45) is -4.81. The van der Waals surface area contributed by atoms with E-state index in [4.69, 9.17) is 27.9 Å². The Morgan fingerprint density at radius 3 is 2.14 bits per heavy atom. The van der Waals surface area contributed by atoms with Crippen LogP contribution in [0.5, 0.6) is 5.75 Å². The Labute approximate surface area is 251 Å². The average molecular weight is 640 g/mol. The normalized spacial score (nSPS) is 20.5. The molecule has 0 saturated heterocycles. The Kier molecular flexibility index (Phi) is 11.6. The van der Waals surface area contributed by atoms with E-state index in [0.717, 1.165) is 5.56 Å². The first-order valence-electron chi connectivity index (χ1n) is 13.6. The maximum absolute atomic E-state index is 13.3. The molecule has 4 atom stereocenters. The Hall–Kier alpha value is -2.43. The Balaban J connectivity index is 1.78. The number of hydrogen-bond acceptors (Lipinski definition) is 4. The van der Waals surface area contributed by atoms with E-state index in [1.54, 1.807) is 6.08 Å². The van der Waals surface area contributed by atoms with Crippen molar-refractivity contribution in [3.05, 3.63) is 76.3 Å². The molecule has 0 heterocycles. The van der Waals surface area contributed by atoms with Gasteiger partial charge in [-0.2, -0.15) is 26.3 Å². The molecule has 0 aromatic heterocycles. The van der Waals surface area contributed by atoms with Crippen LogP contribution >= 0.6 is 23.2 Å². The van der Waals surface area contributed by atoms with Crippen molar-refractivity contribution in [2.24, 2.45) is 17.0 Å². The number of nitrogens with zero attached hydrogens (tertiary/aromatic N) is 1. The van der Waals surface area contributed by atoms with Crippen LogP contribution in [0.25, 0.3) is 0 Å². The predicted octanol–water partition coefficient (Wildman–Crippen LogP) is 9.55. The van der Waals surface area contributed by atoms with Gasteiger partial charge in [0.25, 0.3) is 0 Å². The number of alkyl halides is 7. The van der Waals surface area contributed by atoms with E-state index in [2.05, 4.69) is 5.16 Å². The van der Waals surface area contributed by atoms with Crippen molar-refractivity contribution >= 4 is 28.9 Å². The van der Waals surface area contributed by atoms with Crippen molar-refractivity contribution in [3.63, 3.8) is 0 Å². The van der Waals surface area contributed by atoms with Gasteiger partial charge in [-0.05, 0) is 61.8 Å². The summed E-state index contributed by atoms with van der Waals surface area (Å²) in [4.78, 5) is 0. The van der Waals surface area contributed by atoms with Crippen LogP contribution in [0.15, 0.2) is 64.8 Å². The van der Waals surface area contributed by atoms with Crippen molar-refractivity contribution in [1.29, 1.82) is 0 Å². The molecule has 0 amide bonds. The van der Waals surface area contributed by atoms with Gasteiger partial charge in [-0.15, -0.1) is 11.6 Å². The molecule has 0 bridgehead atoms. The number of rotatable bonds is 12. The predicted molar refractivity (Wildman–Crippen MR) is 150 cm³/mol. The molecule has 232 valence electrons. The first kappa shape index (κ1) is 34.1. The van der Waals surface area contributed by atoms with Gasteiger partial charge in [0.1, 0.15) is 12.4 Å². The monoisotopic (exact) mass is 639 g/mol. The van der Waals surface area contributed by atoms with Gasteiger partial charge in [0.05, 0.1) is 27.8 Å². The lowest BCUT2D eigenvalue weighted by Gasteiger charge is -2.32. The van der Waals surface area contributed by atoms with Crippen molar-refractivity contribution in [2.75, 3.05) is 6.61 Å². The molecule has 0 fully saturated rings. The topological polar surface area (TPSA) is 62.0 Å². The van der Waals surface area contributed by atoms with Crippen LogP contribution in [0, 0.1) is 11.8 Å². The van der Waals surface area contributed by atoms with Crippen LogP contribution in [0.1, 0.15) is 68.6 Å². The molecule has 2 aromatic carbocycles. The maximum atomic E-state index is 13.3. The molecule has 2 N–H and O–H groups in total. The third kappa shape index (κ3) is 9.04. The molecule has 0 radical (unpaired) electrons. The van der Waals surface area contributed by atoms with E-state index in [1.165, 1.54) is 0 Å². The third-order valence-electron chi connectivity index (χ3n) is 7.75. The lowest BCUT2D eigenvalue weighted by Crippen LogP contribution is -2.32. The summed E-state index contributed by atoms with van der Waals surface area (Å²) in [5.74, 6) is -1.29. The minimum absolute atomic E-state index is 0.0162. The van der Waals surface area contributed by atoms with Crippen molar-refractivity contribution in [1.82, 2.24) is 0 Å². The quantitative estimate of drug-likeness (QED) is 0.0607. The van der Waals surface area contributed by atoms with E-state index in [0.29, 0.717) is 62.1 Å². The lowest BCUT2D eigenvalue weighted by atomic mass is 9.77. The lowest BCUT2D eigenvalue weighted by molar-refractivity contribution is -0.143. The summed E-state index contributed by atoms with van der Waals surface area (Å²) in [6, 6.07) is 10.2. The summed E-state index contributed by atoms with van der Waals surface area (Å²) in [5, 5.41) is 24.5. The molecule has 1 aliphatic rings. The first-order chi connectivity index (χ1) is 19.7. The van der Waals surface area contributed by atoms with Gasteiger partial charge in [-0.1, -0.05) is 72.9 Å². The van der Waals surface area contributed by atoms with Crippen LogP contribution < -0.4 is 4.74 Å². The van der Waals surface area contributed by atoms with E-state index in [-0.39, 0.29) is 17.7 Å². The molecule has 0 spiro atoms. The van der Waals surface area contributed by atoms with Crippen LogP contribution in [0.4, 0.5) is 26.3 Å². The smallest absolute Gasteiger partial charge is 0.416 e. The minimum Gasteiger partial charge on any atom is -0.487 e. The van der Waals surface area contributed by atoms with Crippen molar-refractivity contribution < 1.29 is 41.4 Å². The molecule has 12 heteroatoms. The van der Waals surface area contributed by atoms with Gasteiger partial charge in [0.15, 0.2) is 0 Å². The highest BCUT2D eigenvalue weighted by Crippen LogP contribution is 2.40. The second-order valence-corrected chi connectivity index (χ2v) is 11.5. The summed E-state index contributed by atoms with van der Waals surface area (Å²) >= 11 is 12.5. The fourth-order valence-electron chi connectivity index (χ4n) is 5.30. The number of hydrogen-bond donors (Lipinski definition) is 2. The first-order valence-corrected chi connectivity index (χ1v) is 14.4. The number of allylic oxidation sites excluding steroid dienone is 2. The number of unbranched alkanes of at least 4 members (excludes halogenated alkanes) is 1. The molecule has 4 nitrogen and oxygen atoms in total. The molecule has 0 aliphatic heterocycles. The number of aliphatic hydroxyl groups is 1. The highest BCUT2D eigenvalue weighted by Gasteiger charge is 2.38. The number of halogens is 8. The van der Waals surface area contributed by atoms with E-state index < -0.39 is 52.7 Å². The van der Waals surface area contributed by atoms with Crippen molar-refractivity contribution in [2.45, 2.75) is 75.2 Å². The summed E-state index contributed by atoms with van der Waals surface area (Å²) in [6.45, 7) is 1.35. The van der Waals surface area contributed by atoms with Crippen molar-refractivity contribution in [3.8, 4) is 5.75 Å². The molecule has 2 aromatic rings. The van der Waals surface area contributed by atoms with Crippen LogP contribution in [0.2, 0.25) is 0 Å². The Bertz CT molecular complexity index is 1200. The SMILES string of the molecule is CCC(O)(CCCCC(/C(COc1cc(C(F)(F)F)cc(C(F)(F)F)c1)=N/O)C1CC=C(Cl)C(Cl)C1)c1ccccc1. The minimum atomic E-state index is -5.03. The molecule has 3 rings (SSSR count). The molecular weight excluding hydrogens is 607 g/mol. The summed E-state index contributed by atoms with van der Waals surface area (Å²) in [5.41, 5.74) is -3.19. The van der Waals surface area contributed by atoms with E-state index >= 15 is 0 Å².